The van der Waals surface area contributed by atoms with Crippen LogP contribution in [-0.4, -0.2) is 31.3 Å². The lowest BCUT2D eigenvalue weighted by molar-refractivity contribution is -0.162. The molecule has 0 aromatic rings. The first-order chi connectivity index (χ1) is 7.97. The van der Waals surface area contributed by atoms with Crippen molar-refractivity contribution in [3.05, 3.63) is 0 Å². The molecule has 0 aromatic heterocycles. The van der Waals surface area contributed by atoms with Crippen molar-refractivity contribution in [3.8, 4) is 0 Å². The Labute approximate surface area is 100 Å². The fourth-order valence-corrected chi connectivity index (χ4v) is 3.01. The molecular formula is C12H21F3N2. The van der Waals surface area contributed by atoms with E-state index in [4.69, 9.17) is 0 Å². The molecule has 2 nitrogen and oxygen atoms in total. The van der Waals surface area contributed by atoms with Gasteiger partial charge < -0.3 is 10.6 Å². The van der Waals surface area contributed by atoms with Crippen LogP contribution in [0.3, 0.4) is 0 Å². The number of hydrogen-bond acceptors (Lipinski definition) is 2. The molecule has 2 aliphatic rings. The predicted octanol–water partition coefficient (Wildman–Crippen LogP) is 2.30. The molecule has 2 aliphatic heterocycles. The van der Waals surface area contributed by atoms with Crippen LogP contribution in [0.4, 0.5) is 13.2 Å². The van der Waals surface area contributed by atoms with Crippen LogP contribution in [0.15, 0.2) is 0 Å². The Morgan fingerprint density at radius 2 is 1.82 bits per heavy atom. The van der Waals surface area contributed by atoms with Gasteiger partial charge in [0, 0.05) is 12.6 Å². The third kappa shape index (κ3) is 3.35. The van der Waals surface area contributed by atoms with E-state index in [-0.39, 0.29) is 6.42 Å². The second kappa shape index (κ2) is 5.14. The van der Waals surface area contributed by atoms with Gasteiger partial charge >= 0.3 is 6.18 Å². The fourth-order valence-electron chi connectivity index (χ4n) is 3.01. The number of rotatable bonds is 1. The van der Waals surface area contributed by atoms with Crippen LogP contribution in [0.1, 0.15) is 32.6 Å². The number of halogens is 3. The summed E-state index contributed by atoms with van der Waals surface area (Å²) in [4.78, 5) is 0. The van der Waals surface area contributed by atoms with Gasteiger partial charge in [0.25, 0.3) is 0 Å². The molecule has 5 heteroatoms. The van der Waals surface area contributed by atoms with Crippen molar-refractivity contribution in [2.24, 2.45) is 11.8 Å². The standard InChI is InChI=1S/C12H21F3N2/c1-8-4-5-16-10(6-8)9-2-3-11(17-7-9)12(13,14)15/h8-11,16-17H,2-7H2,1H3. The van der Waals surface area contributed by atoms with Crippen molar-refractivity contribution in [2.75, 3.05) is 13.1 Å². The summed E-state index contributed by atoms with van der Waals surface area (Å²) in [5.41, 5.74) is 0. The molecule has 17 heavy (non-hydrogen) atoms. The summed E-state index contributed by atoms with van der Waals surface area (Å²) in [6, 6.07) is -0.889. The van der Waals surface area contributed by atoms with E-state index in [2.05, 4.69) is 17.6 Å². The summed E-state index contributed by atoms with van der Waals surface area (Å²) < 4.78 is 37.5. The molecule has 2 N–H and O–H groups in total. The minimum absolute atomic E-state index is 0.223. The van der Waals surface area contributed by atoms with E-state index in [1.54, 1.807) is 0 Å². The SMILES string of the molecule is CC1CCNC(C2CCC(C(F)(F)F)NC2)C1. The Bertz CT molecular complexity index is 247. The molecule has 100 valence electrons. The number of nitrogens with one attached hydrogen (secondary N) is 2. The molecule has 0 saturated carbocycles. The van der Waals surface area contributed by atoms with Gasteiger partial charge in [-0.25, -0.2) is 0 Å². The second-order valence-corrected chi connectivity index (χ2v) is 5.53. The van der Waals surface area contributed by atoms with Gasteiger partial charge in [0.1, 0.15) is 6.04 Å². The molecular weight excluding hydrogens is 229 g/mol. The Morgan fingerprint density at radius 3 is 2.35 bits per heavy atom. The predicted molar refractivity (Wildman–Crippen MR) is 60.8 cm³/mol. The van der Waals surface area contributed by atoms with E-state index < -0.39 is 12.2 Å². The maximum Gasteiger partial charge on any atom is 0.403 e. The second-order valence-electron chi connectivity index (χ2n) is 5.53. The third-order valence-corrected chi connectivity index (χ3v) is 4.12. The van der Waals surface area contributed by atoms with Crippen molar-refractivity contribution in [1.82, 2.24) is 10.6 Å². The van der Waals surface area contributed by atoms with Gasteiger partial charge in [0.2, 0.25) is 0 Å². The van der Waals surface area contributed by atoms with Crippen LogP contribution >= 0.6 is 0 Å². The highest BCUT2D eigenvalue weighted by atomic mass is 19.4. The van der Waals surface area contributed by atoms with Crippen molar-refractivity contribution in [2.45, 2.75) is 50.9 Å². The third-order valence-electron chi connectivity index (χ3n) is 4.12. The van der Waals surface area contributed by atoms with E-state index in [0.29, 0.717) is 30.8 Å². The summed E-state index contributed by atoms with van der Waals surface area (Å²) in [6.45, 7) is 3.72. The lowest BCUT2D eigenvalue weighted by atomic mass is 9.81. The van der Waals surface area contributed by atoms with Crippen LogP contribution < -0.4 is 10.6 Å². The zero-order valence-corrected chi connectivity index (χ0v) is 10.2. The highest BCUT2D eigenvalue weighted by Crippen LogP contribution is 2.31. The molecule has 0 aromatic carbocycles. The van der Waals surface area contributed by atoms with E-state index in [9.17, 15) is 13.2 Å². The zero-order valence-electron chi connectivity index (χ0n) is 10.2. The molecule has 2 fully saturated rings. The Morgan fingerprint density at radius 1 is 1.06 bits per heavy atom. The largest absolute Gasteiger partial charge is 0.403 e. The minimum Gasteiger partial charge on any atom is -0.314 e. The number of alkyl halides is 3. The Kier molecular flexibility index (Phi) is 3.98. The zero-order chi connectivity index (χ0) is 12.5. The van der Waals surface area contributed by atoms with E-state index in [1.807, 2.05) is 0 Å². The number of hydrogen-bond donors (Lipinski definition) is 2. The molecule has 4 atom stereocenters. The van der Waals surface area contributed by atoms with Gasteiger partial charge in [-0.2, -0.15) is 13.2 Å². The van der Waals surface area contributed by atoms with Crippen molar-refractivity contribution in [1.29, 1.82) is 0 Å². The first-order valence-electron chi connectivity index (χ1n) is 6.50. The fraction of sp³-hybridized carbons (Fsp3) is 1.00. The topological polar surface area (TPSA) is 24.1 Å². The van der Waals surface area contributed by atoms with Crippen molar-refractivity contribution < 1.29 is 13.2 Å². The van der Waals surface area contributed by atoms with Gasteiger partial charge in [-0.15, -0.1) is 0 Å². The molecule has 0 aliphatic carbocycles. The molecule has 0 bridgehead atoms. The van der Waals surface area contributed by atoms with E-state index in [0.717, 1.165) is 13.0 Å². The highest BCUT2D eigenvalue weighted by molar-refractivity contribution is 4.90. The molecule has 0 amide bonds. The minimum atomic E-state index is -4.09. The first-order valence-corrected chi connectivity index (χ1v) is 6.50. The van der Waals surface area contributed by atoms with E-state index >= 15 is 0 Å². The summed E-state index contributed by atoms with van der Waals surface area (Å²) in [5, 5.41) is 6.11. The summed E-state index contributed by atoms with van der Waals surface area (Å²) in [6.07, 6.45) is -0.897. The highest BCUT2D eigenvalue weighted by Gasteiger charge is 2.42. The van der Waals surface area contributed by atoms with Crippen LogP contribution in [0.5, 0.6) is 0 Å². The van der Waals surface area contributed by atoms with Gasteiger partial charge in [-0.3, -0.25) is 0 Å². The summed E-state index contributed by atoms with van der Waals surface area (Å²) in [5.74, 6) is 1.05. The molecule has 0 spiro atoms. The average Bonchev–Trinajstić information content (AvgIpc) is 2.28. The summed E-state index contributed by atoms with van der Waals surface area (Å²) in [7, 11) is 0. The Hall–Kier alpha value is -0.290. The molecule has 0 radical (unpaired) electrons. The van der Waals surface area contributed by atoms with Crippen LogP contribution in [0.25, 0.3) is 0 Å². The molecule has 2 rings (SSSR count). The van der Waals surface area contributed by atoms with Crippen LogP contribution in [0.2, 0.25) is 0 Å². The maximum atomic E-state index is 12.5. The Balaban J connectivity index is 1.82. The van der Waals surface area contributed by atoms with Gasteiger partial charge in [0.05, 0.1) is 0 Å². The molecule has 2 saturated heterocycles. The van der Waals surface area contributed by atoms with Crippen LogP contribution in [-0.2, 0) is 0 Å². The normalized spacial score (nSPS) is 40.2. The quantitative estimate of drug-likeness (QED) is 0.746. The monoisotopic (exact) mass is 250 g/mol. The smallest absolute Gasteiger partial charge is 0.314 e. The molecule has 2 heterocycles. The summed E-state index contributed by atoms with van der Waals surface area (Å²) >= 11 is 0. The van der Waals surface area contributed by atoms with Crippen LogP contribution in [0, 0.1) is 11.8 Å². The van der Waals surface area contributed by atoms with Gasteiger partial charge in [0.15, 0.2) is 0 Å². The van der Waals surface area contributed by atoms with Gasteiger partial charge in [-0.1, -0.05) is 6.92 Å². The average molecular weight is 250 g/mol. The van der Waals surface area contributed by atoms with Gasteiger partial charge in [-0.05, 0) is 44.1 Å². The molecule has 4 unspecified atom stereocenters. The maximum absolute atomic E-state index is 12.5. The lowest BCUT2D eigenvalue weighted by Crippen LogP contribution is -2.53. The first kappa shape index (κ1) is 13.1. The van der Waals surface area contributed by atoms with E-state index in [1.165, 1.54) is 6.42 Å². The van der Waals surface area contributed by atoms with Crippen molar-refractivity contribution >= 4 is 0 Å². The van der Waals surface area contributed by atoms with Crippen molar-refractivity contribution in [3.63, 3.8) is 0 Å². The number of piperidine rings is 2. The lowest BCUT2D eigenvalue weighted by Gasteiger charge is -2.39.